The summed E-state index contributed by atoms with van der Waals surface area (Å²) in [7, 11) is 0. The Morgan fingerprint density at radius 3 is 2.00 bits per heavy atom. The molecule has 0 amide bonds. The molecule has 0 unspecified atom stereocenters. The van der Waals surface area contributed by atoms with E-state index in [4.69, 9.17) is 6.57 Å². The molecule has 46 heavy (non-hydrogen) atoms. The first-order valence-corrected chi connectivity index (χ1v) is 18.7. The van der Waals surface area contributed by atoms with E-state index in [1.807, 2.05) is 22.7 Å². The summed E-state index contributed by atoms with van der Waals surface area (Å²) in [6.07, 6.45) is 25.0. The lowest BCUT2D eigenvalue weighted by molar-refractivity contribution is 0.322. The highest BCUT2D eigenvalue weighted by Gasteiger charge is 2.55. The quantitative estimate of drug-likeness (QED) is 0.243. The summed E-state index contributed by atoms with van der Waals surface area (Å²) in [6, 6.07) is 8.93. The molecule has 8 rings (SSSR count). The van der Waals surface area contributed by atoms with Crippen LogP contribution in [0.5, 0.6) is 0 Å². The van der Waals surface area contributed by atoms with Crippen molar-refractivity contribution in [3.63, 3.8) is 0 Å². The molecular weight excluding hydrogens is 601 g/mol. The Morgan fingerprint density at radius 1 is 0.674 bits per heavy atom. The van der Waals surface area contributed by atoms with Gasteiger partial charge in [-0.05, 0) is 121 Å². The van der Waals surface area contributed by atoms with Gasteiger partial charge in [0.15, 0.2) is 0 Å². The first-order chi connectivity index (χ1) is 22.6. The average molecular weight is 637 g/mol. The van der Waals surface area contributed by atoms with Crippen LogP contribution >= 0.6 is 22.7 Å². The number of nitrogens with zero attached hydrogens (tertiary/aromatic N) is 4. The van der Waals surface area contributed by atoms with Crippen LogP contribution in [-0.2, 0) is 10.8 Å². The monoisotopic (exact) mass is 636 g/mol. The van der Waals surface area contributed by atoms with Gasteiger partial charge < -0.3 is 0 Å². The van der Waals surface area contributed by atoms with Crippen LogP contribution in [0.3, 0.4) is 0 Å². The van der Waals surface area contributed by atoms with Crippen molar-refractivity contribution >= 4 is 34.3 Å². The minimum Gasteiger partial charge on any atom is -0.226 e. The summed E-state index contributed by atoms with van der Waals surface area (Å²) in [6.45, 7) is 7.58. The van der Waals surface area contributed by atoms with Crippen LogP contribution in [0.1, 0.15) is 129 Å². The SMILES string of the molecule is [C-]#[N+]/C(C#N)=C1\C=C(C2=Cc3sc4c(c3C23CCCCC3)C2(CCCCC2)c2cc(C3=CC(=C(C#N)C#N)CCC3)sc2-4)CCC1. The smallest absolute Gasteiger partial charge is 0.226 e. The maximum Gasteiger partial charge on any atom is 0.265 e. The standard InChI is InChI=1S/C40H36N4S2/c1-44-32(24-43)27-12-9-11-26(19-27)30-20-34-35(39(30)14-4-2-5-15-39)36-38(46-34)37-31(40(36)16-6-3-7-17-40)21-33(45-37)28-13-8-10-25(18-28)29(22-41)23-42/h18-21H,2-17H2/b32-27-. The molecule has 0 radical (unpaired) electrons. The van der Waals surface area contributed by atoms with Gasteiger partial charge in [0, 0.05) is 30.3 Å². The third-order valence-electron chi connectivity index (χ3n) is 11.8. The molecule has 2 aromatic heterocycles. The highest BCUT2D eigenvalue weighted by Crippen LogP contribution is 2.68. The fourth-order valence-electron chi connectivity index (χ4n) is 9.78. The molecule has 0 aromatic carbocycles. The summed E-state index contributed by atoms with van der Waals surface area (Å²) in [4.78, 5) is 9.36. The number of rotatable bonds is 2. The molecule has 0 atom stereocenters. The molecule has 2 fully saturated rings. The Hall–Kier alpha value is -3.94. The predicted octanol–water partition coefficient (Wildman–Crippen LogP) is 11.4. The first-order valence-electron chi connectivity index (χ1n) is 17.1. The zero-order valence-electron chi connectivity index (χ0n) is 26.2. The Balaban J connectivity index is 1.30. The molecule has 4 nitrogen and oxygen atoms in total. The predicted molar refractivity (Wildman–Crippen MR) is 185 cm³/mol. The molecule has 2 saturated carbocycles. The summed E-state index contributed by atoms with van der Waals surface area (Å²) in [5.41, 5.74) is 11.5. The average Bonchev–Trinajstić information content (AvgIpc) is 3.83. The second-order valence-corrected chi connectivity index (χ2v) is 16.1. The molecule has 0 N–H and O–H groups in total. The van der Waals surface area contributed by atoms with Gasteiger partial charge in [0.1, 0.15) is 17.7 Å². The maximum atomic E-state index is 9.66. The van der Waals surface area contributed by atoms with Crippen molar-refractivity contribution in [2.45, 2.75) is 114 Å². The number of fused-ring (bicyclic) bond motifs is 8. The second-order valence-electron chi connectivity index (χ2n) is 14.0. The van der Waals surface area contributed by atoms with Gasteiger partial charge in [-0.15, -0.1) is 22.7 Å². The van der Waals surface area contributed by atoms with Crippen LogP contribution in [0.25, 0.3) is 26.2 Å². The summed E-state index contributed by atoms with van der Waals surface area (Å²) in [5, 5.41) is 28.7. The molecule has 0 bridgehead atoms. The first kappa shape index (κ1) is 29.5. The molecule has 2 spiro atoms. The van der Waals surface area contributed by atoms with Gasteiger partial charge in [-0.25, -0.2) is 10.1 Å². The molecule has 228 valence electrons. The van der Waals surface area contributed by atoms with E-state index in [0.717, 1.165) is 49.7 Å². The molecular formula is C40H36N4S2. The minimum absolute atomic E-state index is 0.0366. The van der Waals surface area contributed by atoms with Crippen LogP contribution in [0.2, 0.25) is 0 Å². The Bertz CT molecular complexity index is 1960. The Kier molecular flexibility index (Phi) is 7.29. The maximum absolute atomic E-state index is 9.66. The fraction of sp³-hybridized carbons (Fsp3) is 0.450. The summed E-state index contributed by atoms with van der Waals surface area (Å²) >= 11 is 3.98. The fourth-order valence-corrected chi connectivity index (χ4v) is 12.7. The van der Waals surface area contributed by atoms with E-state index in [9.17, 15) is 15.8 Å². The van der Waals surface area contributed by atoms with Gasteiger partial charge in [-0.2, -0.15) is 10.5 Å². The van der Waals surface area contributed by atoms with Gasteiger partial charge in [-0.3, -0.25) is 0 Å². The van der Waals surface area contributed by atoms with Gasteiger partial charge in [0.25, 0.3) is 5.70 Å². The van der Waals surface area contributed by atoms with Crippen LogP contribution in [-0.4, -0.2) is 0 Å². The van der Waals surface area contributed by atoms with Crippen LogP contribution in [0.4, 0.5) is 0 Å². The Labute approximate surface area is 280 Å². The van der Waals surface area contributed by atoms with Gasteiger partial charge in [0.05, 0.1) is 12.6 Å². The largest absolute Gasteiger partial charge is 0.265 e. The van der Waals surface area contributed by atoms with Crippen molar-refractivity contribution in [3.8, 4) is 28.0 Å². The zero-order chi connectivity index (χ0) is 31.5. The van der Waals surface area contributed by atoms with Crippen molar-refractivity contribution in [1.29, 1.82) is 15.8 Å². The van der Waals surface area contributed by atoms with E-state index in [0.29, 0.717) is 0 Å². The summed E-state index contributed by atoms with van der Waals surface area (Å²) < 4.78 is 0. The molecule has 6 aliphatic carbocycles. The van der Waals surface area contributed by atoms with Gasteiger partial charge in [0.2, 0.25) is 0 Å². The number of nitriles is 3. The topological polar surface area (TPSA) is 75.7 Å². The molecule has 2 heterocycles. The van der Waals surface area contributed by atoms with Crippen molar-refractivity contribution in [2.75, 3.05) is 0 Å². The van der Waals surface area contributed by atoms with Crippen molar-refractivity contribution in [1.82, 2.24) is 0 Å². The zero-order valence-corrected chi connectivity index (χ0v) is 27.9. The summed E-state index contributed by atoms with van der Waals surface area (Å²) in [5.74, 6) is 0. The van der Waals surface area contributed by atoms with E-state index in [-0.39, 0.29) is 22.1 Å². The molecule has 0 aliphatic heterocycles. The molecule has 6 heteroatoms. The number of hydrogen-bond donors (Lipinski definition) is 0. The highest BCUT2D eigenvalue weighted by molar-refractivity contribution is 7.23. The van der Waals surface area contributed by atoms with Gasteiger partial charge >= 0.3 is 0 Å². The second kappa shape index (κ2) is 11.4. The van der Waals surface area contributed by atoms with Crippen LogP contribution in [0.15, 0.2) is 51.8 Å². The van der Waals surface area contributed by atoms with E-state index in [1.54, 1.807) is 16.7 Å². The van der Waals surface area contributed by atoms with Crippen molar-refractivity contribution < 1.29 is 0 Å². The van der Waals surface area contributed by atoms with E-state index in [1.165, 1.54) is 100 Å². The molecule has 0 saturated heterocycles. The highest BCUT2D eigenvalue weighted by atomic mass is 32.1. The lowest BCUT2D eigenvalue weighted by atomic mass is 9.60. The normalized spacial score (nSPS) is 23.1. The van der Waals surface area contributed by atoms with E-state index >= 15 is 0 Å². The lowest BCUT2D eigenvalue weighted by Crippen LogP contribution is -2.35. The molecule has 2 aromatic rings. The van der Waals surface area contributed by atoms with Crippen LogP contribution < -0.4 is 0 Å². The van der Waals surface area contributed by atoms with Crippen molar-refractivity contribution in [3.05, 3.63) is 89.6 Å². The van der Waals surface area contributed by atoms with Gasteiger partial charge in [-0.1, -0.05) is 50.7 Å². The number of thiophene rings is 2. The third-order valence-corrected chi connectivity index (χ3v) is 14.3. The van der Waals surface area contributed by atoms with Crippen LogP contribution in [0, 0.1) is 40.6 Å². The van der Waals surface area contributed by atoms with E-state index in [2.05, 4.69) is 47.3 Å². The molecule has 6 aliphatic rings. The number of hydrogen-bond acceptors (Lipinski definition) is 5. The minimum atomic E-state index is 0.0366. The lowest BCUT2D eigenvalue weighted by Gasteiger charge is -2.43. The van der Waals surface area contributed by atoms with E-state index < -0.39 is 0 Å². The number of allylic oxidation sites excluding steroid dienone is 9. The Morgan fingerprint density at radius 2 is 1.33 bits per heavy atom. The third kappa shape index (κ3) is 4.24. The van der Waals surface area contributed by atoms with Crippen molar-refractivity contribution in [2.24, 2.45) is 0 Å².